The molecule has 0 aromatic carbocycles. The largest absolute Gasteiger partial charge is 0.476 e. The number of likely N-dealkylation sites (tertiary alicyclic amines) is 1. The van der Waals surface area contributed by atoms with Crippen molar-refractivity contribution in [1.82, 2.24) is 14.9 Å². The van der Waals surface area contributed by atoms with Crippen LogP contribution in [-0.2, 0) is 4.74 Å². The molecular formula is C14H19BrClN3O3. The van der Waals surface area contributed by atoms with Gasteiger partial charge in [-0.25, -0.2) is 9.78 Å². The molecule has 1 aromatic rings. The molecule has 6 nitrogen and oxygen atoms in total. The van der Waals surface area contributed by atoms with E-state index in [1.807, 2.05) is 20.8 Å². The van der Waals surface area contributed by atoms with Crippen LogP contribution in [0.1, 0.15) is 27.2 Å². The summed E-state index contributed by atoms with van der Waals surface area (Å²) in [7, 11) is 0. The lowest BCUT2D eigenvalue weighted by atomic mass is 10.1. The number of aromatic nitrogens is 2. The lowest BCUT2D eigenvalue weighted by Gasteiger charge is -2.24. The zero-order valence-corrected chi connectivity index (χ0v) is 15.1. The normalized spacial score (nSPS) is 18.4. The standard InChI is InChI=1S/C14H19BrClN3O3/c1-14(2,3)22-13(20)19-5-4-9(7-19)8-21-11-10(15)6-17-12(16)18-11/h6,9H,4-5,7-8H2,1-3H3. The first-order valence-electron chi connectivity index (χ1n) is 7.03. The Labute approximate surface area is 143 Å². The van der Waals surface area contributed by atoms with Crippen molar-refractivity contribution in [3.63, 3.8) is 0 Å². The smallest absolute Gasteiger partial charge is 0.410 e. The Hall–Kier alpha value is -1.08. The van der Waals surface area contributed by atoms with E-state index >= 15 is 0 Å². The van der Waals surface area contributed by atoms with Gasteiger partial charge in [-0.15, -0.1) is 0 Å². The third kappa shape index (κ3) is 4.98. The average Bonchev–Trinajstić information content (AvgIpc) is 2.87. The van der Waals surface area contributed by atoms with Crippen molar-refractivity contribution >= 4 is 33.6 Å². The van der Waals surface area contributed by atoms with Crippen molar-refractivity contribution in [3.8, 4) is 5.88 Å². The van der Waals surface area contributed by atoms with E-state index in [0.717, 1.165) is 6.42 Å². The Bertz CT molecular complexity index is 551. The Morgan fingerprint density at radius 3 is 2.95 bits per heavy atom. The van der Waals surface area contributed by atoms with Crippen LogP contribution in [0.25, 0.3) is 0 Å². The maximum absolute atomic E-state index is 12.0. The van der Waals surface area contributed by atoms with Crippen LogP contribution < -0.4 is 4.74 Å². The Morgan fingerprint density at radius 2 is 2.27 bits per heavy atom. The van der Waals surface area contributed by atoms with E-state index in [2.05, 4.69) is 25.9 Å². The number of rotatable bonds is 3. The van der Waals surface area contributed by atoms with Crippen LogP contribution in [0.15, 0.2) is 10.7 Å². The highest BCUT2D eigenvalue weighted by Gasteiger charge is 2.30. The molecule has 1 saturated heterocycles. The SMILES string of the molecule is CC(C)(C)OC(=O)N1CCC(COc2nc(Cl)ncc2Br)C1. The zero-order valence-electron chi connectivity index (χ0n) is 12.8. The number of amides is 1. The molecule has 2 heterocycles. The molecule has 1 aliphatic rings. The molecule has 0 radical (unpaired) electrons. The van der Waals surface area contributed by atoms with Crippen molar-refractivity contribution in [3.05, 3.63) is 16.0 Å². The highest BCUT2D eigenvalue weighted by molar-refractivity contribution is 9.10. The van der Waals surface area contributed by atoms with Crippen LogP contribution in [0.4, 0.5) is 4.79 Å². The van der Waals surface area contributed by atoms with Gasteiger partial charge in [0.1, 0.15) is 5.60 Å². The first-order chi connectivity index (χ1) is 10.2. The summed E-state index contributed by atoms with van der Waals surface area (Å²) in [4.78, 5) is 21.6. The summed E-state index contributed by atoms with van der Waals surface area (Å²) in [6.45, 7) is 7.33. The van der Waals surface area contributed by atoms with Gasteiger partial charge in [-0.1, -0.05) is 0 Å². The van der Waals surface area contributed by atoms with Crippen molar-refractivity contribution in [1.29, 1.82) is 0 Å². The van der Waals surface area contributed by atoms with Gasteiger partial charge in [-0.3, -0.25) is 0 Å². The molecule has 2 rings (SSSR count). The summed E-state index contributed by atoms with van der Waals surface area (Å²) in [6.07, 6.45) is 2.14. The van der Waals surface area contributed by atoms with E-state index in [1.165, 1.54) is 0 Å². The molecule has 0 spiro atoms. The van der Waals surface area contributed by atoms with Crippen molar-refractivity contribution in [2.45, 2.75) is 32.8 Å². The minimum Gasteiger partial charge on any atom is -0.476 e. The lowest BCUT2D eigenvalue weighted by molar-refractivity contribution is 0.0284. The Kier molecular flexibility index (Phi) is 5.50. The molecule has 22 heavy (non-hydrogen) atoms. The molecule has 1 unspecified atom stereocenters. The summed E-state index contributed by atoms with van der Waals surface area (Å²) < 4.78 is 11.7. The van der Waals surface area contributed by atoms with Crippen LogP contribution in [0.3, 0.4) is 0 Å². The van der Waals surface area contributed by atoms with Crippen molar-refractivity contribution in [2.75, 3.05) is 19.7 Å². The molecular weight excluding hydrogens is 374 g/mol. The highest BCUT2D eigenvalue weighted by Crippen LogP contribution is 2.25. The van der Waals surface area contributed by atoms with Crippen molar-refractivity contribution < 1.29 is 14.3 Å². The number of nitrogens with zero attached hydrogens (tertiary/aromatic N) is 3. The van der Waals surface area contributed by atoms with Gasteiger partial charge < -0.3 is 14.4 Å². The lowest BCUT2D eigenvalue weighted by Crippen LogP contribution is -2.35. The topological polar surface area (TPSA) is 64.5 Å². The van der Waals surface area contributed by atoms with E-state index < -0.39 is 5.60 Å². The predicted octanol–water partition coefficient (Wildman–Crippen LogP) is 3.53. The molecule has 8 heteroatoms. The van der Waals surface area contributed by atoms with Gasteiger partial charge in [0.15, 0.2) is 0 Å². The molecule has 1 amide bonds. The number of hydrogen-bond acceptors (Lipinski definition) is 5. The van der Waals surface area contributed by atoms with Gasteiger partial charge in [0.05, 0.1) is 11.1 Å². The molecule has 0 N–H and O–H groups in total. The van der Waals surface area contributed by atoms with E-state index in [4.69, 9.17) is 21.1 Å². The second-order valence-corrected chi connectivity index (χ2v) is 7.38. The quantitative estimate of drug-likeness (QED) is 0.736. The number of carbonyl (C=O) groups is 1. The van der Waals surface area contributed by atoms with Gasteiger partial charge in [0, 0.05) is 25.2 Å². The zero-order chi connectivity index (χ0) is 16.3. The van der Waals surface area contributed by atoms with Gasteiger partial charge in [-0.05, 0) is 54.7 Å². The third-order valence-electron chi connectivity index (χ3n) is 3.08. The van der Waals surface area contributed by atoms with E-state index in [9.17, 15) is 4.79 Å². The first-order valence-corrected chi connectivity index (χ1v) is 8.20. The average molecular weight is 393 g/mol. The van der Waals surface area contributed by atoms with Crippen LogP contribution >= 0.6 is 27.5 Å². The summed E-state index contributed by atoms with van der Waals surface area (Å²) in [6, 6.07) is 0. The van der Waals surface area contributed by atoms with Crippen LogP contribution in [0.2, 0.25) is 5.28 Å². The van der Waals surface area contributed by atoms with E-state index in [0.29, 0.717) is 30.0 Å². The number of carbonyl (C=O) groups excluding carboxylic acids is 1. The Morgan fingerprint density at radius 1 is 1.55 bits per heavy atom. The monoisotopic (exact) mass is 391 g/mol. The highest BCUT2D eigenvalue weighted by atomic mass is 79.9. The van der Waals surface area contributed by atoms with Gasteiger partial charge in [0.2, 0.25) is 11.2 Å². The maximum atomic E-state index is 12.0. The van der Waals surface area contributed by atoms with E-state index in [-0.39, 0.29) is 17.3 Å². The molecule has 0 aliphatic carbocycles. The summed E-state index contributed by atoms with van der Waals surface area (Å²) in [5.41, 5.74) is -0.478. The number of halogens is 2. The number of hydrogen-bond donors (Lipinski definition) is 0. The fourth-order valence-electron chi connectivity index (χ4n) is 2.09. The van der Waals surface area contributed by atoms with Gasteiger partial charge in [0.25, 0.3) is 0 Å². The minimum atomic E-state index is -0.478. The molecule has 0 bridgehead atoms. The number of ether oxygens (including phenoxy) is 2. The maximum Gasteiger partial charge on any atom is 0.410 e. The summed E-state index contributed by atoms with van der Waals surface area (Å²) in [5, 5.41) is 0.139. The van der Waals surface area contributed by atoms with Crippen LogP contribution in [-0.4, -0.2) is 46.3 Å². The third-order valence-corrected chi connectivity index (χ3v) is 3.80. The summed E-state index contributed by atoms with van der Waals surface area (Å²) >= 11 is 9.06. The van der Waals surface area contributed by atoms with Crippen LogP contribution in [0.5, 0.6) is 5.88 Å². The predicted molar refractivity (Wildman–Crippen MR) is 86.2 cm³/mol. The molecule has 0 saturated carbocycles. The molecule has 1 fully saturated rings. The molecule has 1 aliphatic heterocycles. The molecule has 122 valence electrons. The summed E-state index contributed by atoms with van der Waals surface area (Å²) in [5.74, 6) is 0.656. The Balaban J connectivity index is 1.84. The van der Waals surface area contributed by atoms with E-state index in [1.54, 1.807) is 11.1 Å². The van der Waals surface area contributed by atoms with Crippen molar-refractivity contribution in [2.24, 2.45) is 5.92 Å². The fourth-order valence-corrected chi connectivity index (χ4v) is 2.52. The molecule has 1 atom stereocenters. The first kappa shape index (κ1) is 17.3. The van der Waals surface area contributed by atoms with Crippen LogP contribution in [0, 0.1) is 5.92 Å². The van der Waals surface area contributed by atoms with Gasteiger partial charge in [-0.2, -0.15) is 4.98 Å². The molecule has 1 aromatic heterocycles. The second kappa shape index (κ2) is 7.00. The second-order valence-electron chi connectivity index (χ2n) is 6.18. The minimum absolute atomic E-state index is 0.139. The van der Waals surface area contributed by atoms with Gasteiger partial charge >= 0.3 is 6.09 Å². The fraction of sp³-hybridized carbons (Fsp3) is 0.643.